The highest BCUT2D eigenvalue weighted by atomic mass is 32.2. The second-order valence-electron chi connectivity index (χ2n) is 7.37. The lowest BCUT2D eigenvalue weighted by atomic mass is 9.79. The van der Waals surface area contributed by atoms with Gasteiger partial charge in [0, 0.05) is 31.6 Å². The topological polar surface area (TPSA) is 84.0 Å². The first-order valence-electron chi connectivity index (χ1n) is 8.72. The van der Waals surface area contributed by atoms with Crippen molar-refractivity contribution in [3.8, 4) is 0 Å². The normalized spacial score (nSPS) is 23.0. The predicted molar refractivity (Wildman–Crippen MR) is 98.8 cm³/mol. The number of hydrogen-bond donors (Lipinski definition) is 0. The van der Waals surface area contributed by atoms with Crippen molar-refractivity contribution in [1.82, 2.24) is 8.61 Å². The number of ether oxygens (including phenoxy) is 1. The molecule has 0 saturated carbocycles. The summed E-state index contributed by atoms with van der Waals surface area (Å²) in [4.78, 5) is 0.309. The van der Waals surface area contributed by atoms with Gasteiger partial charge in [0.05, 0.1) is 24.4 Å². The SMILES string of the molecule is Cc1cccc(S(=O)(=O)N2CCC3(CC2)COCCN(S(C)(=O)=O)C3)c1. The Morgan fingerprint density at radius 3 is 2.35 bits per heavy atom. The van der Waals surface area contributed by atoms with Crippen molar-refractivity contribution in [2.45, 2.75) is 24.7 Å². The summed E-state index contributed by atoms with van der Waals surface area (Å²) < 4.78 is 58.3. The van der Waals surface area contributed by atoms with E-state index in [0.717, 1.165) is 5.56 Å². The maximum absolute atomic E-state index is 12.9. The van der Waals surface area contributed by atoms with Crippen molar-refractivity contribution >= 4 is 20.0 Å². The van der Waals surface area contributed by atoms with E-state index in [-0.39, 0.29) is 5.41 Å². The first kappa shape index (κ1) is 19.8. The Morgan fingerprint density at radius 2 is 1.73 bits per heavy atom. The van der Waals surface area contributed by atoms with Gasteiger partial charge in [-0.3, -0.25) is 0 Å². The molecule has 1 aromatic carbocycles. The number of sulfonamides is 2. The van der Waals surface area contributed by atoms with Gasteiger partial charge in [0.25, 0.3) is 0 Å². The minimum absolute atomic E-state index is 0.309. The summed E-state index contributed by atoms with van der Waals surface area (Å²) >= 11 is 0. The second kappa shape index (κ2) is 7.20. The highest BCUT2D eigenvalue weighted by molar-refractivity contribution is 7.89. The Bertz CT molecular complexity index is 859. The van der Waals surface area contributed by atoms with Gasteiger partial charge in [-0.1, -0.05) is 12.1 Å². The molecule has 1 spiro atoms. The summed E-state index contributed by atoms with van der Waals surface area (Å²) in [6.07, 6.45) is 2.39. The van der Waals surface area contributed by atoms with E-state index in [2.05, 4.69) is 0 Å². The van der Waals surface area contributed by atoms with E-state index in [1.807, 2.05) is 13.0 Å². The number of hydrogen-bond acceptors (Lipinski definition) is 5. The van der Waals surface area contributed by atoms with Crippen molar-refractivity contribution in [2.24, 2.45) is 5.41 Å². The third-order valence-corrected chi connectivity index (χ3v) is 8.43. The summed E-state index contributed by atoms with van der Waals surface area (Å²) in [5, 5.41) is 0. The van der Waals surface area contributed by atoms with Crippen molar-refractivity contribution in [3.05, 3.63) is 29.8 Å². The molecule has 2 heterocycles. The van der Waals surface area contributed by atoms with Gasteiger partial charge < -0.3 is 4.74 Å². The molecular weight excluding hydrogens is 376 g/mol. The zero-order valence-corrected chi connectivity index (χ0v) is 16.9. The summed E-state index contributed by atoms with van der Waals surface area (Å²) in [6.45, 7) is 4.20. The molecule has 2 aliphatic rings. The number of rotatable bonds is 3. The van der Waals surface area contributed by atoms with Gasteiger partial charge in [-0.25, -0.2) is 16.8 Å². The number of nitrogens with zero attached hydrogens (tertiary/aromatic N) is 2. The minimum Gasteiger partial charge on any atom is -0.379 e. The van der Waals surface area contributed by atoms with E-state index in [1.165, 1.54) is 14.9 Å². The van der Waals surface area contributed by atoms with Crippen LogP contribution in [0.15, 0.2) is 29.2 Å². The predicted octanol–water partition coefficient (Wildman–Crippen LogP) is 1.06. The van der Waals surface area contributed by atoms with E-state index >= 15 is 0 Å². The van der Waals surface area contributed by atoms with Gasteiger partial charge in [0.2, 0.25) is 20.0 Å². The summed E-state index contributed by atoms with van der Waals surface area (Å²) in [7, 11) is -6.82. The molecule has 0 radical (unpaired) electrons. The first-order valence-corrected chi connectivity index (χ1v) is 12.0. The molecule has 1 aromatic rings. The highest BCUT2D eigenvalue weighted by Gasteiger charge is 2.42. The number of aryl methyl sites for hydroxylation is 1. The Morgan fingerprint density at radius 1 is 1.04 bits per heavy atom. The van der Waals surface area contributed by atoms with Gasteiger partial charge in [-0.15, -0.1) is 0 Å². The van der Waals surface area contributed by atoms with Crippen LogP contribution in [0.3, 0.4) is 0 Å². The Hall–Kier alpha value is -1.00. The Balaban J connectivity index is 1.75. The molecule has 0 N–H and O–H groups in total. The lowest BCUT2D eigenvalue weighted by Gasteiger charge is -2.41. The van der Waals surface area contributed by atoms with Crippen LogP contribution in [-0.4, -0.2) is 71.1 Å². The molecule has 146 valence electrons. The smallest absolute Gasteiger partial charge is 0.243 e. The van der Waals surface area contributed by atoms with Crippen LogP contribution >= 0.6 is 0 Å². The van der Waals surface area contributed by atoms with Gasteiger partial charge in [0.1, 0.15) is 0 Å². The van der Waals surface area contributed by atoms with Crippen LogP contribution in [0.4, 0.5) is 0 Å². The average molecular weight is 403 g/mol. The first-order chi connectivity index (χ1) is 12.1. The van der Waals surface area contributed by atoms with Crippen LogP contribution < -0.4 is 0 Å². The second-order valence-corrected chi connectivity index (χ2v) is 11.3. The maximum atomic E-state index is 12.9. The zero-order valence-electron chi connectivity index (χ0n) is 15.2. The van der Waals surface area contributed by atoms with E-state index in [9.17, 15) is 16.8 Å². The van der Waals surface area contributed by atoms with Crippen molar-refractivity contribution < 1.29 is 21.6 Å². The van der Waals surface area contributed by atoms with Gasteiger partial charge in [-0.2, -0.15) is 8.61 Å². The van der Waals surface area contributed by atoms with Crippen molar-refractivity contribution in [3.63, 3.8) is 0 Å². The third kappa shape index (κ3) is 4.12. The zero-order chi connectivity index (χ0) is 19.0. The monoisotopic (exact) mass is 402 g/mol. The summed E-state index contributed by atoms with van der Waals surface area (Å²) in [5.74, 6) is 0. The molecule has 0 amide bonds. The van der Waals surface area contributed by atoms with Crippen molar-refractivity contribution in [1.29, 1.82) is 0 Å². The number of piperidine rings is 1. The van der Waals surface area contributed by atoms with E-state index in [1.54, 1.807) is 18.2 Å². The number of benzene rings is 1. The van der Waals surface area contributed by atoms with Gasteiger partial charge in [0.15, 0.2) is 0 Å². The molecule has 2 fully saturated rings. The fourth-order valence-electron chi connectivity index (χ4n) is 3.67. The van der Waals surface area contributed by atoms with Crippen LogP contribution in [0.2, 0.25) is 0 Å². The van der Waals surface area contributed by atoms with Crippen LogP contribution in [0.1, 0.15) is 18.4 Å². The molecule has 2 aliphatic heterocycles. The van der Waals surface area contributed by atoms with E-state index in [0.29, 0.717) is 57.1 Å². The van der Waals surface area contributed by atoms with Crippen LogP contribution in [0.5, 0.6) is 0 Å². The minimum atomic E-state index is -3.53. The molecule has 0 unspecified atom stereocenters. The van der Waals surface area contributed by atoms with Gasteiger partial charge >= 0.3 is 0 Å². The molecule has 9 heteroatoms. The molecule has 3 rings (SSSR count). The van der Waals surface area contributed by atoms with Crippen LogP contribution in [-0.2, 0) is 24.8 Å². The standard InChI is InChI=1S/C17H26N2O5S2/c1-15-4-3-5-16(12-15)26(22,23)18-8-6-17(7-9-18)13-19(25(2,20)21)10-11-24-14-17/h3-5,12H,6-11,13-14H2,1-2H3. The fourth-order valence-corrected chi connectivity index (χ4v) is 6.13. The average Bonchev–Trinajstić information content (AvgIpc) is 2.78. The van der Waals surface area contributed by atoms with Crippen LogP contribution in [0.25, 0.3) is 0 Å². The fraction of sp³-hybridized carbons (Fsp3) is 0.647. The third-order valence-electron chi connectivity index (χ3n) is 5.28. The molecular formula is C17H26N2O5S2. The quantitative estimate of drug-likeness (QED) is 0.755. The van der Waals surface area contributed by atoms with E-state index in [4.69, 9.17) is 4.74 Å². The lowest BCUT2D eigenvalue weighted by molar-refractivity contribution is 0.0345. The summed E-state index contributed by atoms with van der Waals surface area (Å²) in [5.41, 5.74) is 0.582. The largest absolute Gasteiger partial charge is 0.379 e. The molecule has 26 heavy (non-hydrogen) atoms. The highest BCUT2D eigenvalue weighted by Crippen LogP contribution is 2.36. The maximum Gasteiger partial charge on any atom is 0.243 e. The molecule has 0 bridgehead atoms. The molecule has 0 aromatic heterocycles. The van der Waals surface area contributed by atoms with Crippen LogP contribution in [0, 0.1) is 12.3 Å². The lowest BCUT2D eigenvalue weighted by Crippen LogP contribution is -2.49. The Kier molecular flexibility index (Phi) is 5.47. The van der Waals surface area contributed by atoms with Gasteiger partial charge in [-0.05, 0) is 37.5 Å². The molecule has 7 nitrogen and oxygen atoms in total. The molecule has 2 saturated heterocycles. The molecule has 0 atom stereocenters. The molecule has 0 aliphatic carbocycles. The summed E-state index contributed by atoms with van der Waals surface area (Å²) in [6, 6.07) is 6.91. The Labute approximate surface area is 156 Å². The van der Waals surface area contributed by atoms with Crippen molar-refractivity contribution in [2.75, 3.05) is 45.6 Å². The van der Waals surface area contributed by atoms with E-state index < -0.39 is 20.0 Å².